The van der Waals surface area contributed by atoms with Crippen molar-refractivity contribution in [1.82, 2.24) is 4.90 Å². The van der Waals surface area contributed by atoms with Crippen molar-refractivity contribution < 1.29 is 23.4 Å². The Morgan fingerprint density at radius 3 is 2.45 bits per heavy atom. The molecule has 1 unspecified atom stereocenters. The molecule has 196 valence electrons. The van der Waals surface area contributed by atoms with Gasteiger partial charge in [0, 0.05) is 6.54 Å². The third-order valence-corrected chi connectivity index (χ3v) is 6.72. The number of hydrogen-bond donors (Lipinski definition) is 0. The first kappa shape index (κ1) is 25.4. The van der Waals surface area contributed by atoms with Crippen LogP contribution in [0.15, 0.2) is 75.9 Å². The van der Waals surface area contributed by atoms with Crippen LogP contribution in [0, 0.1) is 0 Å². The highest BCUT2D eigenvalue weighted by Crippen LogP contribution is 2.42. The Kier molecular flexibility index (Phi) is 7.36. The van der Waals surface area contributed by atoms with E-state index < -0.39 is 6.04 Å². The third-order valence-electron chi connectivity index (χ3n) is 6.72. The molecule has 0 N–H and O–H groups in total. The van der Waals surface area contributed by atoms with Gasteiger partial charge in [-0.05, 0) is 60.9 Å². The van der Waals surface area contributed by atoms with Gasteiger partial charge in [0.2, 0.25) is 5.76 Å². The normalized spacial score (nSPS) is 14.6. The topological polar surface area (TPSA) is 78.2 Å². The van der Waals surface area contributed by atoms with Gasteiger partial charge in [-0.25, -0.2) is 0 Å². The van der Waals surface area contributed by atoms with Crippen LogP contribution in [-0.4, -0.2) is 31.1 Å². The molecule has 7 heteroatoms. The van der Waals surface area contributed by atoms with Crippen LogP contribution in [-0.2, 0) is 6.54 Å². The second kappa shape index (κ2) is 11.0. The largest absolute Gasteiger partial charge is 0.497 e. The number of carbonyl (C=O) groups excluding carboxylic acids is 1. The van der Waals surface area contributed by atoms with Gasteiger partial charge in [-0.1, -0.05) is 43.7 Å². The van der Waals surface area contributed by atoms with E-state index in [1.54, 1.807) is 36.3 Å². The number of fused-ring (bicyclic) bond motifs is 2. The number of unbranched alkanes of at least 4 members (excludes halogenated alkanes) is 1. The highest BCUT2D eigenvalue weighted by atomic mass is 16.5. The zero-order chi connectivity index (χ0) is 26.6. The summed E-state index contributed by atoms with van der Waals surface area (Å²) in [6.45, 7) is 5.34. The zero-order valence-electron chi connectivity index (χ0n) is 21.9. The number of benzene rings is 3. The highest BCUT2D eigenvalue weighted by molar-refractivity contribution is 5.99. The number of amides is 1. The standard InChI is InChI=1S/C31H31NO6/c1-4-6-17-37-25-16-13-21(18-26(25)36-5-2)28-27-29(33)23-9-7-8-10-24(23)38-30(27)31(34)32(28)19-20-11-14-22(35-3)15-12-20/h7-16,18,28H,4-6,17,19H2,1-3H3. The molecule has 7 nitrogen and oxygen atoms in total. The SMILES string of the molecule is CCCCOc1ccc(C2c3c(oc4ccccc4c3=O)C(=O)N2Cc2ccc(OC)cc2)cc1OCC. The number of methoxy groups -OCH3 is 1. The Bertz CT molecular complexity index is 1510. The van der Waals surface area contributed by atoms with Gasteiger partial charge in [0.1, 0.15) is 11.3 Å². The second-order valence-corrected chi connectivity index (χ2v) is 9.20. The van der Waals surface area contributed by atoms with E-state index in [9.17, 15) is 9.59 Å². The van der Waals surface area contributed by atoms with Gasteiger partial charge in [0.25, 0.3) is 5.91 Å². The van der Waals surface area contributed by atoms with E-state index in [4.69, 9.17) is 18.6 Å². The Balaban J connectivity index is 1.63. The molecule has 1 amide bonds. The van der Waals surface area contributed by atoms with Gasteiger partial charge in [-0.2, -0.15) is 0 Å². The van der Waals surface area contributed by atoms with E-state index in [2.05, 4.69) is 6.92 Å². The van der Waals surface area contributed by atoms with Crippen LogP contribution in [0.2, 0.25) is 0 Å². The van der Waals surface area contributed by atoms with Crippen LogP contribution in [0.25, 0.3) is 11.0 Å². The maximum atomic E-state index is 13.8. The Hall–Kier alpha value is -4.26. The number of nitrogens with zero attached hydrogens (tertiary/aromatic N) is 1. The quantitative estimate of drug-likeness (QED) is 0.238. The number of rotatable bonds is 10. The average molecular weight is 514 g/mol. The monoisotopic (exact) mass is 513 g/mol. The summed E-state index contributed by atoms with van der Waals surface area (Å²) in [5, 5.41) is 0.444. The first-order valence-electron chi connectivity index (χ1n) is 12.9. The van der Waals surface area contributed by atoms with Crippen LogP contribution in [0.4, 0.5) is 0 Å². The summed E-state index contributed by atoms with van der Waals surface area (Å²) in [4.78, 5) is 29.2. The lowest BCUT2D eigenvalue weighted by Crippen LogP contribution is -2.29. The fourth-order valence-corrected chi connectivity index (χ4v) is 4.81. The van der Waals surface area contributed by atoms with Crippen molar-refractivity contribution in [3.05, 3.63) is 99.4 Å². The Morgan fingerprint density at radius 2 is 1.71 bits per heavy atom. The first-order chi connectivity index (χ1) is 18.5. The minimum Gasteiger partial charge on any atom is -0.497 e. The predicted octanol–water partition coefficient (Wildman–Crippen LogP) is 6.12. The summed E-state index contributed by atoms with van der Waals surface area (Å²) in [6, 6.07) is 19.5. The molecule has 0 fully saturated rings. The molecule has 0 saturated carbocycles. The first-order valence-corrected chi connectivity index (χ1v) is 12.9. The van der Waals surface area contributed by atoms with Gasteiger partial charge >= 0.3 is 0 Å². The lowest BCUT2D eigenvalue weighted by atomic mass is 9.97. The molecule has 5 rings (SSSR count). The van der Waals surface area contributed by atoms with Crippen LogP contribution in [0.3, 0.4) is 0 Å². The van der Waals surface area contributed by atoms with E-state index >= 15 is 0 Å². The summed E-state index contributed by atoms with van der Waals surface area (Å²) in [5.74, 6) is 1.69. The summed E-state index contributed by atoms with van der Waals surface area (Å²) in [6.07, 6.45) is 1.95. The summed E-state index contributed by atoms with van der Waals surface area (Å²) < 4.78 is 23.2. The molecular formula is C31H31NO6. The summed E-state index contributed by atoms with van der Waals surface area (Å²) in [5.41, 5.74) is 2.17. The van der Waals surface area contributed by atoms with E-state index in [1.807, 2.05) is 49.4 Å². The van der Waals surface area contributed by atoms with Gasteiger partial charge in [-0.15, -0.1) is 0 Å². The van der Waals surface area contributed by atoms with Crippen molar-refractivity contribution in [2.45, 2.75) is 39.3 Å². The molecule has 1 aliphatic rings. The second-order valence-electron chi connectivity index (χ2n) is 9.20. The molecule has 1 aromatic heterocycles. The van der Waals surface area contributed by atoms with Crippen molar-refractivity contribution in [2.24, 2.45) is 0 Å². The number of para-hydroxylation sites is 1. The maximum Gasteiger partial charge on any atom is 0.291 e. The summed E-state index contributed by atoms with van der Waals surface area (Å²) in [7, 11) is 1.61. The Labute approximate surface area is 221 Å². The van der Waals surface area contributed by atoms with Gasteiger partial charge < -0.3 is 23.5 Å². The number of ether oxygens (including phenoxy) is 3. The maximum absolute atomic E-state index is 13.8. The minimum atomic E-state index is -0.649. The van der Waals surface area contributed by atoms with Crippen LogP contribution >= 0.6 is 0 Å². The average Bonchev–Trinajstić information content (AvgIpc) is 3.21. The lowest BCUT2D eigenvalue weighted by Gasteiger charge is -2.26. The fourth-order valence-electron chi connectivity index (χ4n) is 4.81. The third kappa shape index (κ3) is 4.72. The van der Waals surface area contributed by atoms with Gasteiger partial charge in [-0.3, -0.25) is 9.59 Å². The highest BCUT2D eigenvalue weighted by Gasteiger charge is 2.43. The summed E-state index contributed by atoms with van der Waals surface area (Å²) >= 11 is 0. The van der Waals surface area contributed by atoms with Crippen molar-refractivity contribution in [3.8, 4) is 17.2 Å². The number of carbonyl (C=O) groups is 1. The molecule has 0 saturated heterocycles. The molecule has 0 spiro atoms. The van der Waals surface area contributed by atoms with Crippen LogP contribution in [0.1, 0.15) is 60.0 Å². The van der Waals surface area contributed by atoms with Crippen molar-refractivity contribution in [2.75, 3.05) is 20.3 Å². The van der Waals surface area contributed by atoms with Crippen LogP contribution < -0.4 is 19.6 Å². The molecule has 3 aromatic carbocycles. The smallest absolute Gasteiger partial charge is 0.291 e. The van der Waals surface area contributed by atoms with Gasteiger partial charge in [0.05, 0.1) is 37.3 Å². The Morgan fingerprint density at radius 1 is 0.921 bits per heavy atom. The molecule has 0 aliphatic carbocycles. The van der Waals surface area contributed by atoms with E-state index in [0.29, 0.717) is 41.2 Å². The minimum absolute atomic E-state index is 0.0773. The van der Waals surface area contributed by atoms with E-state index in [1.165, 1.54) is 0 Å². The fraction of sp³-hybridized carbons (Fsp3) is 0.290. The molecule has 0 radical (unpaired) electrons. The molecule has 1 aliphatic heterocycles. The van der Waals surface area contributed by atoms with E-state index in [0.717, 1.165) is 29.7 Å². The van der Waals surface area contributed by atoms with E-state index in [-0.39, 0.29) is 23.6 Å². The van der Waals surface area contributed by atoms with Crippen molar-refractivity contribution in [1.29, 1.82) is 0 Å². The molecule has 38 heavy (non-hydrogen) atoms. The molecular weight excluding hydrogens is 482 g/mol. The zero-order valence-corrected chi connectivity index (χ0v) is 21.9. The lowest BCUT2D eigenvalue weighted by molar-refractivity contribution is 0.0714. The molecule has 4 aromatic rings. The van der Waals surface area contributed by atoms with Gasteiger partial charge in [0.15, 0.2) is 16.9 Å². The molecule has 0 bridgehead atoms. The predicted molar refractivity (Wildman–Crippen MR) is 145 cm³/mol. The molecule has 1 atom stereocenters. The van der Waals surface area contributed by atoms with Crippen molar-refractivity contribution >= 4 is 16.9 Å². The molecule has 2 heterocycles. The van der Waals surface area contributed by atoms with Crippen molar-refractivity contribution in [3.63, 3.8) is 0 Å². The van der Waals surface area contributed by atoms with Crippen LogP contribution in [0.5, 0.6) is 17.2 Å². The number of hydrogen-bond acceptors (Lipinski definition) is 6.